The molecule has 1 aliphatic rings. The van der Waals surface area contributed by atoms with E-state index in [0.29, 0.717) is 12.5 Å². The van der Waals surface area contributed by atoms with Crippen molar-refractivity contribution in [2.45, 2.75) is 76.9 Å². The number of carbonyl (C=O) groups is 1. The summed E-state index contributed by atoms with van der Waals surface area (Å²) in [5.41, 5.74) is 10.2. The number of rotatable bonds is 8. The van der Waals surface area contributed by atoms with Crippen LogP contribution in [0.5, 0.6) is 0 Å². The molecule has 0 radical (unpaired) electrons. The van der Waals surface area contributed by atoms with E-state index in [4.69, 9.17) is 16.2 Å². The van der Waals surface area contributed by atoms with Crippen LogP contribution in [0.4, 0.5) is 0 Å². The summed E-state index contributed by atoms with van der Waals surface area (Å²) in [5.74, 6) is 0.311. The molecule has 1 aliphatic carbocycles. The second kappa shape index (κ2) is 7.85. The van der Waals surface area contributed by atoms with Crippen molar-refractivity contribution in [1.82, 2.24) is 0 Å². The number of carbonyl (C=O) groups excluding carboxylic acids is 1. The van der Waals surface area contributed by atoms with E-state index >= 15 is 0 Å². The van der Waals surface area contributed by atoms with E-state index in [0.717, 1.165) is 25.4 Å². The number of unbranched alkanes of at least 4 members (excludes halogenated alkanes) is 1. The van der Waals surface area contributed by atoms with Gasteiger partial charge in [0.1, 0.15) is 0 Å². The van der Waals surface area contributed by atoms with Gasteiger partial charge in [0, 0.05) is 6.61 Å². The molecule has 4 nitrogen and oxygen atoms in total. The Morgan fingerprint density at radius 2 is 2.00 bits per heavy atom. The Kier molecular flexibility index (Phi) is 6.80. The standard InChI is InChI=1S/C15H30N2O2/c1-3-12-8-4-5-9-13(12)19-11-7-6-10-15(2,17)14(16)18/h12-13H,3-11,17H2,1-2H3,(H2,16,18). The van der Waals surface area contributed by atoms with Gasteiger partial charge in [0.05, 0.1) is 11.6 Å². The molecular formula is C15H30N2O2. The molecule has 0 heterocycles. The molecule has 1 rings (SSSR count). The first kappa shape index (κ1) is 16.4. The van der Waals surface area contributed by atoms with Crippen LogP contribution in [0.25, 0.3) is 0 Å². The fraction of sp³-hybridized carbons (Fsp3) is 0.933. The maximum absolute atomic E-state index is 11.1. The molecule has 19 heavy (non-hydrogen) atoms. The third-order valence-corrected chi connectivity index (χ3v) is 4.35. The average Bonchev–Trinajstić information content (AvgIpc) is 2.38. The summed E-state index contributed by atoms with van der Waals surface area (Å²) in [6.07, 6.45) is 9.29. The zero-order valence-electron chi connectivity index (χ0n) is 12.5. The molecule has 3 atom stereocenters. The van der Waals surface area contributed by atoms with Crippen molar-refractivity contribution < 1.29 is 9.53 Å². The Balaban J connectivity index is 2.15. The molecule has 0 spiro atoms. The predicted molar refractivity (Wildman–Crippen MR) is 77.6 cm³/mol. The molecule has 112 valence electrons. The Morgan fingerprint density at radius 1 is 1.32 bits per heavy atom. The highest BCUT2D eigenvalue weighted by atomic mass is 16.5. The number of ether oxygens (including phenoxy) is 1. The van der Waals surface area contributed by atoms with Crippen LogP contribution in [0, 0.1) is 5.92 Å². The molecule has 0 aromatic rings. The van der Waals surface area contributed by atoms with Gasteiger partial charge in [0.2, 0.25) is 5.91 Å². The van der Waals surface area contributed by atoms with E-state index in [1.165, 1.54) is 32.1 Å². The quantitative estimate of drug-likeness (QED) is 0.664. The van der Waals surface area contributed by atoms with Crippen LogP contribution in [-0.4, -0.2) is 24.2 Å². The number of primary amides is 1. The molecule has 0 aromatic heterocycles. The summed E-state index contributed by atoms with van der Waals surface area (Å²) in [7, 11) is 0. The van der Waals surface area contributed by atoms with Crippen LogP contribution in [0.1, 0.15) is 65.2 Å². The molecule has 4 N–H and O–H groups in total. The largest absolute Gasteiger partial charge is 0.378 e. The van der Waals surface area contributed by atoms with Crippen molar-refractivity contribution in [1.29, 1.82) is 0 Å². The lowest BCUT2D eigenvalue weighted by molar-refractivity contribution is -0.122. The van der Waals surface area contributed by atoms with Gasteiger partial charge in [-0.25, -0.2) is 0 Å². The maximum atomic E-state index is 11.1. The second-order valence-corrected chi connectivity index (χ2v) is 6.10. The molecule has 0 aromatic carbocycles. The fourth-order valence-electron chi connectivity index (χ4n) is 2.81. The molecule has 3 unspecified atom stereocenters. The van der Waals surface area contributed by atoms with Gasteiger partial charge in [0.15, 0.2) is 0 Å². The van der Waals surface area contributed by atoms with Crippen LogP contribution < -0.4 is 11.5 Å². The number of amides is 1. The van der Waals surface area contributed by atoms with Gasteiger partial charge in [-0.15, -0.1) is 0 Å². The topological polar surface area (TPSA) is 78.3 Å². The lowest BCUT2D eigenvalue weighted by Gasteiger charge is -2.31. The molecule has 1 amide bonds. The lowest BCUT2D eigenvalue weighted by atomic mass is 9.85. The summed E-state index contributed by atoms with van der Waals surface area (Å²) in [6, 6.07) is 0. The summed E-state index contributed by atoms with van der Waals surface area (Å²) in [4.78, 5) is 11.1. The monoisotopic (exact) mass is 270 g/mol. The first-order chi connectivity index (χ1) is 8.97. The first-order valence-corrected chi connectivity index (χ1v) is 7.67. The minimum absolute atomic E-state index is 0.424. The lowest BCUT2D eigenvalue weighted by Crippen LogP contribution is -2.49. The van der Waals surface area contributed by atoms with Crippen LogP contribution in [0.2, 0.25) is 0 Å². The SMILES string of the molecule is CCC1CCCCC1OCCCCC(C)(N)C(N)=O. The summed E-state index contributed by atoms with van der Waals surface area (Å²) in [6.45, 7) is 4.72. The molecular weight excluding hydrogens is 240 g/mol. The van der Waals surface area contributed by atoms with Crippen molar-refractivity contribution in [3.8, 4) is 0 Å². The van der Waals surface area contributed by atoms with E-state index in [9.17, 15) is 4.79 Å². The third kappa shape index (κ3) is 5.49. The van der Waals surface area contributed by atoms with Crippen molar-refractivity contribution in [3.05, 3.63) is 0 Å². The fourth-order valence-corrected chi connectivity index (χ4v) is 2.81. The molecule has 4 heteroatoms. The van der Waals surface area contributed by atoms with Crippen LogP contribution in [-0.2, 0) is 9.53 Å². The average molecular weight is 270 g/mol. The van der Waals surface area contributed by atoms with Gasteiger partial charge in [-0.2, -0.15) is 0 Å². The van der Waals surface area contributed by atoms with E-state index in [2.05, 4.69) is 6.92 Å². The van der Waals surface area contributed by atoms with E-state index in [1.807, 2.05) is 0 Å². The van der Waals surface area contributed by atoms with Crippen LogP contribution >= 0.6 is 0 Å². The van der Waals surface area contributed by atoms with Crippen molar-refractivity contribution >= 4 is 5.91 Å². The Labute approximate surface area is 117 Å². The van der Waals surface area contributed by atoms with Crippen LogP contribution in [0.3, 0.4) is 0 Å². The third-order valence-electron chi connectivity index (χ3n) is 4.35. The zero-order valence-corrected chi connectivity index (χ0v) is 12.5. The molecule has 1 saturated carbocycles. The summed E-state index contributed by atoms with van der Waals surface area (Å²) >= 11 is 0. The summed E-state index contributed by atoms with van der Waals surface area (Å²) < 4.78 is 6.00. The number of hydrogen-bond donors (Lipinski definition) is 2. The maximum Gasteiger partial charge on any atom is 0.237 e. The highest BCUT2D eigenvalue weighted by Gasteiger charge is 2.25. The van der Waals surface area contributed by atoms with Crippen molar-refractivity contribution in [2.24, 2.45) is 17.4 Å². The van der Waals surface area contributed by atoms with E-state index in [-0.39, 0.29) is 0 Å². The van der Waals surface area contributed by atoms with Gasteiger partial charge in [0.25, 0.3) is 0 Å². The van der Waals surface area contributed by atoms with Crippen LogP contribution in [0.15, 0.2) is 0 Å². The molecule has 0 bridgehead atoms. The van der Waals surface area contributed by atoms with E-state index < -0.39 is 11.4 Å². The van der Waals surface area contributed by atoms with E-state index in [1.54, 1.807) is 6.92 Å². The Hall–Kier alpha value is -0.610. The Morgan fingerprint density at radius 3 is 2.63 bits per heavy atom. The minimum atomic E-state index is -0.878. The normalized spacial score (nSPS) is 26.9. The van der Waals surface area contributed by atoms with Gasteiger partial charge < -0.3 is 16.2 Å². The summed E-state index contributed by atoms with van der Waals surface area (Å²) in [5, 5.41) is 0. The minimum Gasteiger partial charge on any atom is -0.378 e. The second-order valence-electron chi connectivity index (χ2n) is 6.10. The first-order valence-electron chi connectivity index (χ1n) is 7.67. The number of hydrogen-bond acceptors (Lipinski definition) is 3. The van der Waals surface area contributed by atoms with Gasteiger partial charge >= 0.3 is 0 Å². The smallest absolute Gasteiger partial charge is 0.237 e. The molecule has 1 fully saturated rings. The van der Waals surface area contributed by atoms with Gasteiger partial charge in [-0.05, 0) is 44.9 Å². The predicted octanol–water partition coefficient (Wildman–Crippen LogP) is 2.34. The Bertz CT molecular complexity index is 279. The van der Waals surface area contributed by atoms with Gasteiger partial charge in [-0.1, -0.05) is 26.2 Å². The molecule has 0 saturated heterocycles. The zero-order chi connectivity index (χ0) is 14.3. The number of nitrogens with two attached hydrogens (primary N) is 2. The molecule has 0 aliphatic heterocycles. The van der Waals surface area contributed by atoms with Crippen molar-refractivity contribution in [3.63, 3.8) is 0 Å². The highest BCUT2D eigenvalue weighted by molar-refractivity contribution is 5.83. The highest BCUT2D eigenvalue weighted by Crippen LogP contribution is 2.29. The van der Waals surface area contributed by atoms with Crippen molar-refractivity contribution in [2.75, 3.05) is 6.61 Å². The van der Waals surface area contributed by atoms with Gasteiger partial charge in [-0.3, -0.25) is 4.79 Å².